The van der Waals surface area contributed by atoms with Crippen LogP contribution in [-0.4, -0.2) is 30.3 Å². The first-order valence-electron chi connectivity index (χ1n) is 5.76. The van der Waals surface area contributed by atoms with Crippen LogP contribution in [0.15, 0.2) is 18.2 Å². The molecule has 1 aromatic rings. The Bertz CT molecular complexity index is 392. The molecule has 3 N–H and O–H groups in total. The normalized spacial score (nSPS) is 25.1. The molecular weight excluding hydrogens is 200 g/mol. The first-order valence-corrected chi connectivity index (χ1v) is 5.76. The van der Waals surface area contributed by atoms with Gasteiger partial charge in [-0.05, 0) is 43.5 Å². The predicted molar refractivity (Wildman–Crippen MR) is 66.8 cm³/mol. The summed E-state index contributed by atoms with van der Waals surface area (Å²) in [5.41, 5.74) is 9.47. The molecule has 0 bridgehead atoms. The van der Waals surface area contributed by atoms with Gasteiger partial charge in [0.2, 0.25) is 0 Å². The topological polar surface area (TPSA) is 49.5 Å². The number of nitrogens with zero attached hydrogens (tertiary/aromatic N) is 1. The number of rotatable bonds is 2. The van der Waals surface area contributed by atoms with Gasteiger partial charge in [0.25, 0.3) is 0 Å². The number of anilines is 1. The Kier molecular flexibility index (Phi) is 2.91. The summed E-state index contributed by atoms with van der Waals surface area (Å²) in [5, 5.41) is 9.24. The number of aliphatic hydroxyl groups excluding tert-OH is 1. The average molecular weight is 220 g/mol. The van der Waals surface area contributed by atoms with Crippen molar-refractivity contribution in [3.8, 4) is 0 Å². The van der Waals surface area contributed by atoms with Crippen LogP contribution in [-0.2, 0) is 0 Å². The Labute approximate surface area is 96.9 Å². The summed E-state index contributed by atoms with van der Waals surface area (Å²) in [6.07, 6.45) is 0.858. The van der Waals surface area contributed by atoms with Crippen molar-refractivity contribution in [2.45, 2.75) is 25.8 Å². The predicted octanol–water partition coefficient (Wildman–Crippen LogP) is 1.20. The summed E-state index contributed by atoms with van der Waals surface area (Å²) in [6, 6.07) is 6.46. The third-order valence-electron chi connectivity index (χ3n) is 3.56. The lowest BCUT2D eigenvalue weighted by atomic mass is 10.0. The van der Waals surface area contributed by atoms with E-state index in [4.69, 9.17) is 5.73 Å². The molecule has 1 aliphatic heterocycles. The molecule has 0 radical (unpaired) electrons. The molecule has 1 unspecified atom stereocenters. The van der Waals surface area contributed by atoms with E-state index in [0.717, 1.165) is 19.5 Å². The van der Waals surface area contributed by atoms with E-state index in [1.807, 2.05) is 0 Å². The summed E-state index contributed by atoms with van der Waals surface area (Å²) in [5.74, 6) is 0. The standard InChI is InChI=1S/C13H20N2O/c1-10-3-4-12(7-11(10)2)15-6-5-13(14,8-15)9-16/h3-4,7,16H,5-6,8-9,14H2,1-2H3. The molecule has 1 aromatic carbocycles. The maximum atomic E-state index is 9.24. The van der Waals surface area contributed by atoms with E-state index < -0.39 is 5.54 Å². The van der Waals surface area contributed by atoms with Gasteiger partial charge in [0.1, 0.15) is 0 Å². The van der Waals surface area contributed by atoms with Crippen molar-refractivity contribution < 1.29 is 5.11 Å². The SMILES string of the molecule is Cc1ccc(N2CCC(N)(CO)C2)cc1C. The monoisotopic (exact) mass is 220 g/mol. The fraction of sp³-hybridized carbons (Fsp3) is 0.538. The van der Waals surface area contributed by atoms with Crippen LogP contribution in [0.5, 0.6) is 0 Å². The molecule has 0 spiro atoms. The maximum absolute atomic E-state index is 9.24. The van der Waals surface area contributed by atoms with Crippen molar-refractivity contribution in [2.24, 2.45) is 5.73 Å². The zero-order valence-corrected chi connectivity index (χ0v) is 10.0. The molecule has 3 nitrogen and oxygen atoms in total. The van der Waals surface area contributed by atoms with Crippen LogP contribution >= 0.6 is 0 Å². The Hall–Kier alpha value is -1.06. The summed E-state index contributed by atoms with van der Waals surface area (Å²) in [4.78, 5) is 2.25. The Balaban J connectivity index is 2.17. The van der Waals surface area contributed by atoms with Crippen LogP contribution < -0.4 is 10.6 Å². The highest BCUT2D eigenvalue weighted by Gasteiger charge is 2.33. The fourth-order valence-electron chi connectivity index (χ4n) is 2.17. The molecule has 0 aromatic heterocycles. The molecule has 0 amide bonds. The van der Waals surface area contributed by atoms with Gasteiger partial charge in [0, 0.05) is 18.8 Å². The first-order chi connectivity index (χ1) is 7.54. The smallest absolute Gasteiger partial charge is 0.0629 e. The van der Waals surface area contributed by atoms with Gasteiger partial charge < -0.3 is 15.7 Å². The molecule has 0 aliphatic carbocycles. The van der Waals surface area contributed by atoms with Crippen molar-refractivity contribution in [1.82, 2.24) is 0 Å². The highest BCUT2D eigenvalue weighted by Crippen LogP contribution is 2.26. The molecule has 1 aliphatic rings. The Morgan fingerprint density at radius 2 is 2.12 bits per heavy atom. The lowest BCUT2D eigenvalue weighted by molar-refractivity contribution is 0.210. The molecule has 2 rings (SSSR count). The van der Waals surface area contributed by atoms with Gasteiger partial charge >= 0.3 is 0 Å². The van der Waals surface area contributed by atoms with Crippen LogP contribution in [0.25, 0.3) is 0 Å². The Morgan fingerprint density at radius 3 is 2.69 bits per heavy atom. The minimum atomic E-state index is -0.418. The third kappa shape index (κ3) is 2.06. The highest BCUT2D eigenvalue weighted by atomic mass is 16.3. The maximum Gasteiger partial charge on any atom is 0.0629 e. The van der Waals surface area contributed by atoms with E-state index in [9.17, 15) is 5.11 Å². The molecule has 1 saturated heterocycles. The van der Waals surface area contributed by atoms with Gasteiger partial charge in [-0.15, -0.1) is 0 Å². The van der Waals surface area contributed by atoms with Crippen molar-refractivity contribution in [3.05, 3.63) is 29.3 Å². The summed E-state index contributed by atoms with van der Waals surface area (Å²) < 4.78 is 0. The summed E-state index contributed by atoms with van der Waals surface area (Å²) >= 11 is 0. The second-order valence-electron chi connectivity index (χ2n) is 4.96. The number of hydrogen-bond acceptors (Lipinski definition) is 3. The minimum Gasteiger partial charge on any atom is -0.394 e. The molecule has 0 saturated carbocycles. The van der Waals surface area contributed by atoms with Crippen molar-refractivity contribution in [3.63, 3.8) is 0 Å². The molecule has 16 heavy (non-hydrogen) atoms. The van der Waals surface area contributed by atoms with Crippen molar-refractivity contribution >= 4 is 5.69 Å². The van der Waals surface area contributed by atoms with E-state index in [1.54, 1.807) is 0 Å². The number of nitrogens with two attached hydrogens (primary N) is 1. The number of benzene rings is 1. The van der Waals surface area contributed by atoms with Gasteiger partial charge in [-0.3, -0.25) is 0 Å². The number of hydrogen-bond donors (Lipinski definition) is 2. The molecule has 1 atom stereocenters. The van der Waals surface area contributed by atoms with E-state index in [-0.39, 0.29) is 6.61 Å². The van der Waals surface area contributed by atoms with Crippen molar-refractivity contribution in [1.29, 1.82) is 0 Å². The largest absolute Gasteiger partial charge is 0.394 e. The number of aryl methyl sites for hydroxylation is 2. The van der Waals surface area contributed by atoms with E-state index in [0.29, 0.717) is 0 Å². The van der Waals surface area contributed by atoms with E-state index in [1.165, 1.54) is 16.8 Å². The van der Waals surface area contributed by atoms with Crippen molar-refractivity contribution in [2.75, 3.05) is 24.6 Å². The summed E-state index contributed by atoms with van der Waals surface area (Å²) in [7, 11) is 0. The van der Waals surface area contributed by atoms with Gasteiger partial charge in [0.05, 0.1) is 12.1 Å². The van der Waals surface area contributed by atoms with Crippen LogP contribution in [0.4, 0.5) is 5.69 Å². The van der Waals surface area contributed by atoms with Gasteiger partial charge in [-0.1, -0.05) is 6.07 Å². The second kappa shape index (κ2) is 4.07. The molecule has 1 fully saturated rings. The second-order valence-corrected chi connectivity index (χ2v) is 4.96. The Morgan fingerprint density at radius 1 is 1.38 bits per heavy atom. The van der Waals surface area contributed by atoms with Gasteiger partial charge in [-0.2, -0.15) is 0 Å². The first kappa shape index (κ1) is 11.4. The minimum absolute atomic E-state index is 0.0638. The number of aliphatic hydroxyl groups is 1. The van der Waals surface area contributed by atoms with E-state index in [2.05, 4.69) is 36.9 Å². The fourth-order valence-corrected chi connectivity index (χ4v) is 2.17. The lowest BCUT2D eigenvalue weighted by Gasteiger charge is -2.23. The van der Waals surface area contributed by atoms with Crippen LogP contribution in [0.2, 0.25) is 0 Å². The highest BCUT2D eigenvalue weighted by molar-refractivity contribution is 5.52. The van der Waals surface area contributed by atoms with E-state index >= 15 is 0 Å². The molecule has 1 heterocycles. The van der Waals surface area contributed by atoms with Gasteiger partial charge in [-0.25, -0.2) is 0 Å². The van der Waals surface area contributed by atoms with Gasteiger partial charge in [0.15, 0.2) is 0 Å². The van der Waals surface area contributed by atoms with Crippen LogP contribution in [0, 0.1) is 13.8 Å². The quantitative estimate of drug-likeness (QED) is 0.787. The molecule has 88 valence electrons. The molecular formula is C13H20N2O. The average Bonchev–Trinajstić information content (AvgIpc) is 2.66. The van der Waals surface area contributed by atoms with Crippen LogP contribution in [0.1, 0.15) is 17.5 Å². The van der Waals surface area contributed by atoms with Crippen LogP contribution in [0.3, 0.4) is 0 Å². The third-order valence-corrected chi connectivity index (χ3v) is 3.56. The lowest BCUT2D eigenvalue weighted by Crippen LogP contribution is -2.46. The zero-order valence-electron chi connectivity index (χ0n) is 10.0. The zero-order chi connectivity index (χ0) is 11.8. The molecule has 3 heteroatoms. The summed E-state index contributed by atoms with van der Waals surface area (Å²) in [6.45, 7) is 5.97.